The van der Waals surface area contributed by atoms with E-state index in [9.17, 15) is 0 Å². The fourth-order valence-corrected chi connectivity index (χ4v) is 3.37. The van der Waals surface area contributed by atoms with Gasteiger partial charge in [0.2, 0.25) is 0 Å². The van der Waals surface area contributed by atoms with Gasteiger partial charge in [-0.1, -0.05) is 19.1 Å². The van der Waals surface area contributed by atoms with Gasteiger partial charge in [0.05, 0.1) is 11.3 Å². The summed E-state index contributed by atoms with van der Waals surface area (Å²) in [6, 6.07) is 0.477. The van der Waals surface area contributed by atoms with Gasteiger partial charge in [0.25, 0.3) is 0 Å². The third-order valence-electron chi connectivity index (χ3n) is 4.08. The highest BCUT2D eigenvalue weighted by Gasteiger charge is 2.28. The molecule has 1 aliphatic heterocycles. The number of aromatic nitrogens is 2. The summed E-state index contributed by atoms with van der Waals surface area (Å²) in [5, 5.41) is 4.52. The second-order valence-electron chi connectivity index (χ2n) is 5.64. The van der Waals surface area contributed by atoms with Crippen LogP contribution in [0, 0.1) is 6.92 Å². The molecule has 20 heavy (non-hydrogen) atoms. The van der Waals surface area contributed by atoms with Gasteiger partial charge in [-0.15, -0.1) is 0 Å². The summed E-state index contributed by atoms with van der Waals surface area (Å²) in [6.07, 6.45) is 2.25. The van der Waals surface area contributed by atoms with E-state index in [4.69, 9.17) is 18.0 Å². The van der Waals surface area contributed by atoms with Crippen LogP contribution in [0.1, 0.15) is 31.0 Å². The quantitative estimate of drug-likeness (QED) is 0.852. The Morgan fingerprint density at radius 1 is 1.40 bits per heavy atom. The van der Waals surface area contributed by atoms with Gasteiger partial charge in [-0.2, -0.15) is 5.10 Å². The van der Waals surface area contributed by atoms with Crippen LogP contribution >= 0.6 is 12.2 Å². The van der Waals surface area contributed by atoms with Crippen LogP contribution in [0.15, 0.2) is 0 Å². The largest absolute Gasteiger partial charge is 0.389 e. The number of hydrogen-bond acceptors (Lipinski definition) is 4. The van der Waals surface area contributed by atoms with Crippen molar-refractivity contribution < 1.29 is 0 Å². The molecule has 2 rings (SSSR count). The van der Waals surface area contributed by atoms with Crippen LogP contribution in [0.2, 0.25) is 0 Å². The van der Waals surface area contributed by atoms with Crippen molar-refractivity contribution in [1.82, 2.24) is 14.7 Å². The van der Waals surface area contributed by atoms with Gasteiger partial charge in [-0.3, -0.25) is 4.68 Å². The molecule has 1 aliphatic rings. The van der Waals surface area contributed by atoms with E-state index in [1.54, 1.807) is 0 Å². The maximum absolute atomic E-state index is 5.93. The van der Waals surface area contributed by atoms with Crippen LogP contribution in [0.4, 0.5) is 5.82 Å². The Labute approximate surface area is 126 Å². The molecular formula is C14H25N5S. The Balaban J connectivity index is 2.45. The van der Waals surface area contributed by atoms with Crippen LogP contribution in [0.25, 0.3) is 0 Å². The second kappa shape index (κ2) is 6.10. The summed E-state index contributed by atoms with van der Waals surface area (Å²) in [6.45, 7) is 7.44. The molecule has 1 fully saturated rings. The molecule has 2 N–H and O–H groups in total. The lowest BCUT2D eigenvalue weighted by Crippen LogP contribution is -2.41. The fraction of sp³-hybridized carbons (Fsp3) is 0.714. The molecule has 5 nitrogen and oxygen atoms in total. The normalized spacial score (nSPS) is 21.0. The molecule has 0 aromatic carbocycles. The second-order valence-corrected chi connectivity index (χ2v) is 6.08. The molecule has 0 radical (unpaired) electrons. The first kappa shape index (κ1) is 15.3. The first-order valence-electron chi connectivity index (χ1n) is 7.24. The molecule has 0 bridgehead atoms. The van der Waals surface area contributed by atoms with Gasteiger partial charge in [0, 0.05) is 26.2 Å². The van der Waals surface area contributed by atoms with Gasteiger partial charge >= 0.3 is 0 Å². The smallest absolute Gasteiger partial charge is 0.137 e. The molecule has 1 saturated heterocycles. The van der Waals surface area contributed by atoms with Gasteiger partial charge in [0.15, 0.2) is 0 Å². The molecule has 1 unspecified atom stereocenters. The van der Waals surface area contributed by atoms with Crippen LogP contribution in [0.3, 0.4) is 0 Å². The van der Waals surface area contributed by atoms with Gasteiger partial charge in [-0.25, -0.2) is 0 Å². The van der Waals surface area contributed by atoms with E-state index in [1.165, 1.54) is 0 Å². The predicted octanol–water partition coefficient (Wildman–Crippen LogP) is 1.28. The van der Waals surface area contributed by atoms with Crippen molar-refractivity contribution in [2.45, 2.75) is 32.7 Å². The van der Waals surface area contributed by atoms with E-state index in [1.807, 2.05) is 18.7 Å². The number of hydrogen-bond donors (Lipinski definition) is 1. The predicted molar refractivity (Wildman–Crippen MR) is 87.4 cm³/mol. The molecule has 1 aromatic heterocycles. The highest BCUT2D eigenvalue weighted by Crippen LogP contribution is 2.27. The van der Waals surface area contributed by atoms with Crippen LogP contribution in [-0.4, -0.2) is 52.4 Å². The molecular weight excluding hydrogens is 270 g/mol. The van der Waals surface area contributed by atoms with E-state index < -0.39 is 0 Å². The Morgan fingerprint density at radius 2 is 2.10 bits per heavy atom. The molecule has 0 aliphatic carbocycles. The van der Waals surface area contributed by atoms with Crippen molar-refractivity contribution >= 4 is 23.0 Å². The first-order valence-corrected chi connectivity index (χ1v) is 7.65. The number of nitrogens with zero attached hydrogens (tertiary/aromatic N) is 4. The van der Waals surface area contributed by atoms with Crippen molar-refractivity contribution in [2.24, 2.45) is 12.8 Å². The summed E-state index contributed by atoms with van der Waals surface area (Å²) < 4.78 is 1.93. The minimum Gasteiger partial charge on any atom is -0.389 e. The molecule has 1 aromatic rings. The highest BCUT2D eigenvalue weighted by atomic mass is 32.1. The zero-order chi connectivity index (χ0) is 14.9. The number of rotatable bonds is 3. The van der Waals surface area contributed by atoms with Gasteiger partial charge in [0.1, 0.15) is 10.8 Å². The summed E-state index contributed by atoms with van der Waals surface area (Å²) in [7, 11) is 4.17. The van der Waals surface area contributed by atoms with E-state index in [0.29, 0.717) is 11.0 Å². The van der Waals surface area contributed by atoms with Crippen molar-refractivity contribution in [3.8, 4) is 0 Å². The third-order valence-corrected chi connectivity index (χ3v) is 4.29. The fourth-order valence-electron chi connectivity index (χ4n) is 3.14. The topological polar surface area (TPSA) is 50.3 Å². The van der Waals surface area contributed by atoms with E-state index in [-0.39, 0.29) is 0 Å². The number of likely N-dealkylation sites (N-methyl/N-ethyl adjacent to an activating group) is 1. The lowest BCUT2D eigenvalue weighted by molar-refractivity contribution is 0.327. The number of thiocarbonyl (C=S) groups is 1. The summed E-state index contributed by atoms with van der Waals surface area (Å²) in [5.41, 5.74) is 7.78. The average molecular weight is 295 g/mol. The Bertz CT molecular complexity index is 496. The molecule has 0 spiro atoms. The Kier molecular flexibility index (Phi) is 4.65. The third kappa shape index (κ3) is 2.81. The lowest BCUT2D eigenvalue weighted by Gasteiger charge is -2.32. The van der Waals surface area contributed by atoms with Crippen molar-refractivity contribution in [3.05, 3.63) is 11.3 Å². The van der Waals surface area contributed by atoms with Crippen LogP contribution < -0.4 is 10.6 Å². The highest BCUT2D eigenvalue weighted by molar-refractivity contribution is 7.80. The maximum atomic E-state index is 5.93. The molecule has 1 atom stereocenters. The van der Waals surface area contributed by atoms with Crippen LogP contribution in [-0.2, 0) is 7.05 Å². The van der Waals surface area contributed by atoms with Crippen molar-refractivity contribution in [2.75, 3.05) is 31.6 Å². The van der Waals surface area contributed by atoms with Gasteiger partial charge < -0.3 is 15.5 Å². The first-order chi connectivity index (χ1) is 9.45. The standard InChI is InChI=1S/C14H25N5S/c1-5-11-9-17(3)7-6-8-19(11)14-12(13(15)20)10(2)16-18(14)4/h11H,5-9H2,1-4H3,(H2,15,20). The maximum Gasteiger partial charge on any atom is 0.137 e. The average Bonchev–Trinajstić information content (AvgIpc) is 2.56. The number of aryl methyl sites for hydroxylation is 2. The number of nitrogens with two attached hydrogens (primary N) is 1. The molecule has 2 heterocycles. The monoisotopic (exact) mass is 295 g/mol. The molecule has 112 valence electrons. The van der Waals surface area contributed by atoms with Gasteiger partial charge in [-0.05, 0) is 33.4 Å². The van der Waals surface area contributed by atoms with Crippen molar-refractivity contribution in [3.63, 3.8) is 0 Å². The minimum atomic E-state index is 0.443. The Hall–Kier alpha value is -1.14. The summed E-state index contributed by atoms with van der Waals surface area (Å²) in [5.74, 6) is 1.08. The molecule has 0 saturated carbocycles. The zero-order valence-corrected chi connectivity index (χ0v) is 13.7. The van der Waals surface area contributed by atoms with E-state index >= 15 is 0 Å². The number of anilines is 1. The van der Waals surface area contributed by atoms with E-state index in [2.05, 4.69) is 28.9 Å². The SMILES string of the molecule is CCC1CN(C)CCCN1c1c(C(N)=S)c(C)nn1C. The van der Waals surface area contributed by atoms with Crippen LogP contribution in [0.5, 0.6) is 0 Å². The zero-order valence-electron chi connectivity index (χ0n) is 12.9. The lowest BCUT2D eigenvalue weighted by atomic mass is 10.1. The minimum absolute atomic E-state index is 0.443. The summed E-state index contributed by atoms with van der Waals surface area (Å²) >= 11 is 5.24. The molecule has 0 amide bonds. The van der Waals surface area contributed by atoms with Crippen molar-refractivity contribution in [1.29, 1.82) is 0 Å². The summed E-state index contributed by atoms with van der Waals surface area (Å²) in [4.78, 5) is 5.29. The van der Waals surface area contributed by atoms with E-state index in [0.717, 1.165) is 49.6 Å². The molecule has 6 heteroatoms. The Morgan fingerprint density at radius 3 is 2.70 bits per heavy atom.